The lowest BCUT2D eigenvalue weighted by Crippen LogP contribution is -2.32. The molecule has 4 rings (SSSR count). The number of ether oxygens (including phenoxy) is 1. The van der Waals surface area contributed by atoms with Gasteiger partial charge in [0.2, 0.25) is 0 Å². The number of halogens is 3. The van der Waals surface area contributed by atoms with Gasteiger partial charge in [0.05, 0.1) is 23.7 Å². The number of benzene rings is 2. The molecule has 1 aliphatic rings. The minimum atomic E-state index is -0.856. The van der Waals surface area contributed by atoms with Gasteiger partial charge in [-0.1, -0.05) is 6.07 Å². The maximum absolute atomic E-state index is 13.4. The van der Waals surface area contributed by atoms with Gasteiger partial charge in [-0.15, -0.1) is 0 Å². The van der Waals surface area contributed by atoms with Crippen molar-refractivity contribution in [2.75, 3.05) is 13.2 Å². The molecule has 0 saturated carbocycles. The Kier molecular flexibility index (Phi) is 4.19. The first-order valence-corrected chi connectivity index (χ1v) is 8.00. The SMILES string of the molecule is Fc1ccc2c(c1)nc1n2C(CNCc2ccc(F)c(F)c2)COC1. The first-order chi connectivity index (χ1) is 12.1. The number of fused-ring (bicyclic) bond motifs is 3. The number of hydrogen-bond donors (Lipinski definition) is 1. The fraction of sp³-hybridized carbons (Fsp3) is 0.278. The van der Waals surface area contributed by atoms with Crippen molar-refractivity contribution >= 4 is 11.0 Å². The average Bonchev–Trinajstić information content (AvgIpc) is 2.96. The molecule has 0 amide bonds. The van der Waals surface area contributed by atoms with Crippen molar-refractivity contribution in [2.45, 2.75) is 19.2 Å². The molecule has 0 fully saturated rings. The summed E-state index contributed by atoms with van der Waals surface area (Å²) in [7, 11) is 0. The van der Waals surface area contributed by atoms with Gasteiger partial charge in [0, 0.05) is 19.2 Å². The molecule has 1 aromatic heterocycles. The molecule has 1 aliphatic heterocycles. The van der Waals surface area contributed by atoms with Crippen molar-refractivity contribution in [3.63, 3.8) is 0 Å². The van der Waals surface area contributed by atoms with Crippen LogP contribution in [0.15, 0.2) is 36.4 Å². The Hall–Kier alpha value is -2.38. The lowest BCUT2D eigenvalue weighted by atomic mass is 10.2. The Labute approximate surface area is 142 Å². The molecule has 2 heterocycles. The second-order valence-electron chi connectivity index (χ2n) is 6.08. The monoisotopic (exact) mass is 347 g/mol. The van der Waals surface area contributed by atoms with E-state index < -0.39 is 11.6 Å². The number of nitrogens with one attached hydrogen (secondary N) is 1. The zero-order chi connectivity index (χ0) is 17.4. The van der Waals surface area contributed by atoms with E-state index in [2.05, 4.69) is 14.9 Å². The highest BCUT2D eigenvalue weighted by Gasteiger charge is 2.23. The van der Waals surface area contributed by atoms with Crippen LogP contribution in [-0.2, 0) is 17.9 Å². The summed E-state index contributed by atoms with van der Waals surface area (Å²) in [5.41, 5.74) is 2.12. The van der Waals surface area contributed by atoms with Crippen molar-refractivity contribution in [2.24, 2.45) is 0 Å². The highest BCUT2D eigenvalue weighted by Crippen LogP contribution is 2.26. The molecule has 1 unspecified atom stereocenters. The quantitative estimate of drug-likeness (QED) is 0.787. The predicted octanol–water partition coefficient (Wildman–Crippen LogP) is 3.31. The smallest absolute Gasteiger partial charge is 0.159 e. The summed E-state index contributed by atoms with van der Waals surface area (Å²) in [6, 6.07) is 8.38. The molecule has 0 aliphatic carbocycles. The Morgan fingerprint density at radius 2 is 2.00 bits per heavy atom. The minimum Gasteiger partial charge on any atom is -0.371 e. The molecule has 3 aromatic rings. The lowest BCUT2D eigenvalue weighted by Gasteiger charge is -2.26. The van der Waals surface area contributed by atoms with E-state index in [0.29, 0.717) is 37.4 Å². The van der Waals surface area contributed by atoms with Crippen LogP contribution in [0.4, 0.5) is 13.2 Å². The van der Waals surface area contributed by atoms with Gasteiger partial charge in [0.15, 0.2) is 11.6 Å². The van der Waals surface area contributed by atoms with E-state index in [1.165, 1.54) is 18.2 Å². The third kappa shape index (κ3) is 3.12. The van der Waals surface area contributed by atoms with Gasteiger partial charge >= 0.3 is 0 Å². The topological polar surface area (TPSA) is 39.1 Å². The Morgan fingerprint density at radius 3 is 2.84 bits per heavy atom. The molecule has 0 spiro atoms. The average molecular weight is 347 g/mol. The van der Waals surface area contributed by atoms with Crippen LogP contribution in [0.2, 0.25) is 0 Å². The van der Waals surface area contributed by atoms with E-state index in [1.54, 1.807) is 12.1 Å². The minimum absolute atomic E-state index is 0.00972. The van der Waals surface area contributed by atoms with Crippen LogP contribution < -0.4 is 5.32 Å². The summed E-state index contributed by atoms with van der Waals surface area (Å²) >= 11 is 0. The van der Waals surface area contributed by atoms with E-state index in [-0.39, 0.29) is 11.9 Å². The Morgan fingerprint density at radius 1 is 1.12 bits per heavy atom. The molecular weight excluding hydrogens is 331 g/mol. The molecule has 2 aromatic carbocycles. The van der Waals surface area contributed by atoms with Crippen molar-refractivity contribution in [1.82, 2.24) is 14.9 Å². The summed E-state index contributed by atoms with van der Waals surface area (Å²) in [6.45, 7) is 1.86. The fourth-order valence-corrected chi connectivity index (χ4v) is 3.17. The molecule has 1 N–H and O–H groups in total. The standard InChI is InChI=1S/C18H16F3N3O/c19-12-2-4-17-16(6-12)23-18-10-25-9-13(24(17)18)8-22-7-11-1-3-14(20)15(21)5-11/h1-6,13,22H,7-10H2. The van der Waals surface area contributed by atoms with E-state index >= 15 is 0 Å². The third-order valence-corrected chi connectivity index (χ3v) is 4.32. The summed E-state index contributed by atoms with van der Waals surface area (Å²) in [5.74, 6) is -1.28. The molecule has 0 saturated heterocycles. The van der Waals surface area contributed by atoms with Gasteiger partial charge in [-0.3, -0.25) is 0 Å². The van der Waals surface area contributed by atoms with Crippen LogP contribution in [0.5, 0.6) is 0 Å². The molecule has 4 nitrogen and oxygen atoms in total. The number of hydrogen-bond acceptors (Lipinski definition) is 3. The van der Waals surface area contributed by atoms with Crippen LogP contribution in [0.1, 0.15) is 17.4 Å². The molecule has 0 bridgehead atoms. The van der Waals surface area contributed by atoms with Crippen molar-refractivity contribution in [1.29, 1.82) is 0 Å². The highest BCUT2D eigenvalue weighted by molar-refractivity contribution is 5.76. The highest BCUT2D eigenvalue weighted by atomic mass is 19.2. The number of aromatic nitrogens is 2. The summed E-state index contributed by atoms with van der Waals surface area (Å²) in [5, 5.41) is 3.23. The summed E-state index contributed by atoms with van der Waals surface area (Å²) < 4.78 is 47.3. The first-order valence-electron chi connectivity index (χ1n) is 8.00. The van der Waals surface area contributed by atoms with Gasteiger partial charge in [-0.05, 0) is 29.8 Å². The van der Waals surface area contributed by atoms with E-state index in [0.717, 1.165) is 17.4 Å². The predicted molar refractivity (Wildman–Crippen MR) is 86.4 cm³/mol. The van der Waals surface area contributed by atoms with Gasteiger partial charge in [-0.25, -0.2) is 18.2 Å². The van der Waals surface area contributed by atoms with Crippen LogP contribution in [0, 0.1) is 17.5 Å². The lowest BCUT2D eigenvalue weighted by molar-refractivity contribution is 0.0564. The molecule has 7 heteroatoms. The largest absolute Gasteiger partial charge is 0.371 e. The molecule has 0 radical (unpaired) electrons. The van der Waals surface area contributed by atoms with Crippen molar-refractivity contribution in [3.8, 4) is 0 Å². The Bertz CT molecular complexity index is 925. The summed E-state index contributed by atoms with van der Waals surface area (Å²) in [6.07, 6.45) is 0. The molecule has 130 valence electrons. The second kappa shape index (κ2) is 6.50. The van der Waals surface area contributed by atoms with E-state index in [1.807, 2.05) is 0 Å². The molecule has 25 heavy (non-hydrogen) atoms. The van der Waals surface area contributed by atoms with Crippen LogP contribution >= 0.6 is 0 Å². The fourth-order valence-electron chi connectivity index (χ4n) is 3.17. The van der Waals surface area contributed by atoms with Crippen molar-refractivity contribution < 1.29 is 17.9 Å². The van der Waals surface area contributed by atoms with Crippen LogP contribution in [0.25, 0.3) is 11.0 Å². The van der Waals surface area contributed by atoms with E-state index in [4.69, 9.17) is 4.74 Å². The van der Waals surface area contributed by atoms with Crippen LogP contribution in [0.3, 0.4) is 0 Å². The first kappa shape index (κ1) is 16.1. The maximum atomic E-state index is 13.4. The second-order valence-corrected chi connectivity index (χ2v) is 6.08. The van der Waals surface area contributed by atoms with Crippen LogP contribution in [-0.4, -0.2) is 22.7 Å². The Balaban J connectivity index is 1.51. The van der Waals surface area contributed by atoms with Gasteiger partial charge < -0.3 is 14.6 Å². The van der Waals surface area contributed by atoms with Gasteiger partial charge in [0.25, 0.3) is 0 Å². The zero-order valence-corrected chi connectivity index (χ0v) is 13.3. The van der Waals surface area contributed by atoms with Gasteiger partial charge in [-0.2, -0.15) is 0 Å². The summed E-state index contributed by atoms with van der Waals surface area (Å²) in [4.78, 5) is 4.43. The van der Waals surface area contributed by atoms with Gasteiger partial charge in [0.1, 0.15) is 18.2 Å². The number of imidazole rings is 1. The number of nitrogens with zero attached hydrogens (tertiary/aromatic N) is 2. The van der Waals surface area contributed by atoms with E-state index in [9.17, 15) is 13.2 Å². The zero-order valence-electron chi connectivity index (χ0n) is 13.3. The molecular formula is C18H16F3N3O. The van der Waals surface area contributed by atoms with Crippen molar-refractivity contribution in [3.05, 3.63) is 65.2 Å². The molecule has 1 atom stereocenters. The number of rotatable bonds is 4. The normalized spacial score (nSPS) is 17.0. The maximum Gasteiger partial charge on any atom is 0.159 e. The third-order valence-electron chi connectivity index (χ3n) is 4.32.